The zero-order valence-electron chi connectivity index (χ0n) is 18.4. The zero-order chi connectivity index (χ0) is 22.0. The molecule has 0 radical (unpaired) electrons. The molecule has 0 bridgehead atoms. The summed E-state index contributed by atoms with van der Waals surface area (Å²) in [7, 11) is -2.84. The smallest absolute Gasteiger partial charge is 0.444 e. The lowest BCUT2D eigenvalue weighted by atomic mass is 9.79. The molecule has 2 aliphatic rings. The molecule has 0 spiro atoms. The van der Waals surface area contributed by atoms with E-state index in [2.05, 4.69) is 24.6 Å². The van der Waals surface area contributed by atoms with Crippen molar-refractivity contribution in [2.24, 2.45) is 4.99 Å². The third-order valence-electron chi connectivity index (χ3n) is 5.03. The summed E-state index contributed by atoms with van der Waals surface area (Å²) in [4.78, 5) is 20.8. The van der Waals surface area contributed by atoms with E-state index >= 15 is 0 Å². The first-order valence-electron chi connectivity index (χ1n) is 10.2. The number of nitrogens with zero attached hydrogens (tertiary/aromatic N) is 3. The SMILES string of the molecule is CC(C)(C)OC(=O)N1CCC[C@H]1C1N=CC(I)(B(O)O)N1COCC[Si](C)(C)C. The van der Waals surface area contributed by atoms with Gasteiger partial charge in [0.05, 0.1) is 6.04 Å². The van der Waals surface area contributed by atoms with Crippen molar-refractivity contribution in [1.82, 2.24) is 9.80 Å². The number of carbonyl (C=O) groups excluding carboxylic acids is 1. The van der Waals surface area contributed by atoms with E-state index in [9.17, 15) is 14.8 Å². The molecule has 1 saturated heterocycles. The summed E-state index contributed by atoms with van der Waals surface area (Å²) in [5.74, 6) is 0. The Balaban J connectivity index is 2.13. The van der Waals surface area contributed by atoms with Crippen LogP contribution in [0.4, 0.5) is 4.79 Å². The van der Waals surface area contributed by atoms with Gasteiger partial charge in [0.25, 0.3) is 0 Å². The van der Waals surface area contributed by atoms with E-state index < -0.39 is 30.4 Å². The highest BCUT2D eigenvalue weighted by Gasteiger charge is 2.54. The summed E-state index contributed by atoms with van der Waals surface area (Å²) in [6.07, 6.45) is 2.44. The number of hydrogen-bond donors (Lipinski definition) is 2. The van der Waals surface area contributed by atoms with Crippen molar-refractivity contribution in [3.05, 3.63) is 0 Å². The Morgan fingerprint density at radius 2 is 2.03 bits per heavy atom. The summed E-state index contributed by atoms with van der Waals surface area (Å²) in [5.41, 5.74) is -0.572. The minimum absolute atomic E-state index is 0.197. The van der Waals surface area contributed by atoms with Crippen LogP contribution in [-0.4, -0.2) is 88.5 Å². The lowest BCUT2D eigenvalue weighted by Gasteiger charge is -2.39. The number of carbonyl (C=O) groups is 1. The summed E-state index contributed by atoms with van der Waals surface area (Å²) in [5, 5.41) is 20.0. The molecule has 0 aromatic carbocycles. The molecule has 1 fully saturated rings. The van der Waals surface area contributed by atoms with Crippen LogP contribution in [0.2, 0.25) is 25.7 Å². The van der Waals surface area contributed by atoms with Gasteiger partial charge in [-0.15, -0.1) is 0 Å². The summed E-state index contributed by atoms with van der Waals surface area (Å²) < 4.78 is 10.4. The summed E-state index contributed by atoms with van der Waals surface area (Å²) >= 11 is 2.00. The van der Waals surface area contributed by atoms with Crippen molar-refractivity contribution in [3.8, 4) is 0 Å². The molecule has 0 aromatic heterocycles. The lowest BCUT2D eigenvalue weighted by Crippen LogP contribution is -2.60. The molecule has 2 heterocycles. The third-order valence-corrected chi connectivity index (χ3v) is 8.19. The largest absolute Gasteiger partial charge is 0.490 e. The fourth-order valence-corrected chi connectivity index (χ4v) is 4.77. The van der Waals surface area contributed by atoms with Crippen molar-refractivity contribution in [2.45, 2.75) is 80.6 Å². The molecule has 2 rings (SSSR count). The molecule has 166 valence electrons. The summed E-state index contributed by atoms with van der Waals surface area (Å²) in [6.45, 7) is 13.8. The van der Waals surface area contributed by atoms with Gasteiger partial charge < -0.3 is 24.4 Å². The predicted octanol–water partition coefficient (Wildman–Crippen LogP) is 2.55. The van der Waals surface area contributed by atoms with Crippen LogP contribution in [0.25, 0.3) is 0 Å². The fraction of sp³-hybridized carbons (Fsp3) is 0.889. The maximum absolute atomic E-state index is 12.7. The molecular formula is C18H35BIN3O5Si. The number of ether oxygens (including phenoxy) is 2. The molecule has 2 N–H and O–H groups in total. The molecule has 0 aliphatic carbocycles. The van der Waals surface area contributed by atoms with Gasteiger partial charge in [0.1, 0.15) is 21.9 Å². The minimum Gasteiger partial charge on any atom is -0.444 e. The molecular weight excluding hydrogens is 504 g/mol. The molecule has 0 aromatic rings. The normalized spacial score (nSPS) is 28.2. The van der Waals surface area contributed by atoms with Crippen molar-refractivity contribution in [1.29, 1.82) is 0 Å². The molecule has 2 unspecified atom stereocenters. The zero-order valence-corrected chi connectivity index (χ0v) is 21.5. The molecule has 29 heavy (non-hydrogen) atoms. The first-order valence-corrected chi connectivity index (χ1v) is 15.0. The second-order valence-corrected chi connectivity index (χ2v) is 17.3. The standard InChI is InChI=1S/C18H35BIN3O5Si/c1-17(2,3)28-16(24)22-9-7-8-14(22)15-21-12-18(20,19(25)26)23(15)13-27-10-11-29(4,5)6/h12,14-15,25-26H,7-11,13H2,1-6H3/t14-,15?,18?/m0/s1. The maximum atomic E-state index is 12.7. The van der Waals surface area contributed by atoms with Crippen LogP contribution in [0.15, 0.2) is 4.99 Å². The monoisotopic (exact) mass is 539 g/mol. The average molecular weight is 539 g/mol. The molecule has 1 amide bonds. The molecule has 8 nitrogen and oxygen atoms in total. The number of alkyl halides is 1. The second kappa shape index (κ2) is 9.51. The van der Waals surface area contributed by atoms with Crippen molar-refractivity contribution >= 4 is 50.1 Å². The number of aliphatic imine (C=N–C) groups is 1. The molecule has 11 heteroatoms. The van der Waals surface area contributed by atoms with Crippen LogP contribution < -0.4 is 0 Å². The van der Waals surface area contributed by atoms with Crippen LogP contribution in [-0.2, 0) is 9.47 Å². The fourth-order valence-electron chi connectivity index (χ4n) is 3.43. The van der Waals surface area contributed by atoms with Gasteiger partial charge in [-0.2, -0.15) is 0 Å². The van der Waals surface area contributed by atoms with Crippen LogP contribution in [0, 0.1) is 0 Å². The number of hydrogen-bond acceptors (Lipinski definition) is 7. The Labute approximate surface area is 189 Å². The highest BCUT2D eigenvalue weighted by atomic mass is 127. The second-order valence-electron chi connectivity index (χ2n) is 9.99. The van der Waals surface area contributed by atoms with Gasteiger partial charge in [0.15, 0.2) is 0 Å². The Kier molecular flexibility index (Phi) is 8.22. The van der Waals surface area contributed by atoms with Gasteiger partial charge in [0, 0.05) is 27.4 Å². The number of halogens is 1. The van der Waals surface area contributed by atoms with E-state index in [1.807, 2.05) is 48.3 Å². The van der Waals surface area contributed by atoms with Crippen LogP contribution >= 0.6 is 22.6 Å². The molecule has 2 aliphatic heterocycles. The Bertz CT molecular complexity index is 613. The van der Waals surface area contributed by atoms with Crippen molar-refractivity contribution in [3.63, 3.8) is 0 Å². The van der Waals surface area contributed by atoms with Gasteiger partial charge in [-0.05, 0) is 39.7 Å². The van der Waals surface area contributed by atoms with Gasteiger partial charge in [-0.1, -0.05) is 42.2 Å². The van der Waals surface area contributed by atoms with Gasteiger partial charge in [-0.3, -0.25) is 4.99 Å². The first kappa shape index (κ1) is 25.1. The van der Waals surface area contributed by atoms with Crippen molar-refractivity contribution in [2.75, 3.05) is 19.9 Å². The van der Waals surface area contributed by atoms with E-state index in [1.54, 1.807) is 11.1 Å². The summed E-state index contributed by atoms with van der Waals surface area (Å²) in [6, 6.07) is 0.826. The van der Waals surface area contributed by atoms with E-state index in [0.717, 1.165) is 18.9 Å². The number of rotatable bonds is 7. The average Bonchev–Trinajstić information content (AvgIpc) is 3.14. The Hall–Kier alpha value is -0.208. The minimum atomic E-state index is -1.62. The highest BCUT2D eigenvalue weighted by molar-refractivity contribution is 14.1. The third kappa shape index (κ3) is 6.63. The Morgan fingerprint density at radius 1 is 1.38 bits per heavy atom. The van der Waals surface area contributed by atoms with E-state index in [0.29, 0.717) is 13.2 Å². The molecule has 0 saturated carbocycles. The van der Waals surface area contributed by atoms with Crippen LogP contribution in [0.5, 0.6) is 0 Å². The lowest BCUT2D eigenvalue weighted by molar-refractivity contribution is -0.0169. The number of amides is 1. The van der Waals surface area contributed by atoms with E-state index in [4.69, 9.17) is 9.47 Å². The van der Waals surface area contributed by atoms with Crippen molar-refractivity contribution < 1.29 is 24.3 Å². The van der Waals surface area contributed by atoms with E-state index in [1.165, 1.54) is 0 Å². The first-order chi connectivity index (χ1) is 13.2. The van der Waals surface area contributed by atoms with Crippen LogP contribution in [0.3, 0.4) is 0 Å². The van der Waals surface area contributed by atoms with E-state index in [-0.39, 0.29) is 18.9 Å². The Morgan fingerprint density at radius 3 is 2.59 bits per heavy atom. The van der Waals surface area contributed by atoms with Gasteiger partial charge in [0.2, 0.25) is 0 Å². The maximum Gasteiger partial charge on any atom is 0.490 e. The highest BCUT2D eigenvalue weighted by Crippen LogP contribution is 2.37. The van der Waals surface area contributed by atoms with Crippen LogP contribution in [0.1, 0.15) is 33.6 Å². The quantitative estimate of drug-likeness (QED) is 0.170. The molecule has 3 atom stereocenters. The predicted molar refractivity (Wildman–Crippen MR) is 126 cm³/mol. The van der Waals surface area contributed by atoms with Gasteiger partial charge >= 0.3 is 13.2 Å². The topological polar surface area (TPSA) is 94.8 Å². The van der Waals surface area contributed by atoms with Gasteiger partial charge in [-0.25, -0.2) is 9.69 Å². The number of likely N-dealkylation sites (tertiary alicyclic amines) is 1.